The summed E-state index contributed by atoms with van der Waals surface area (Å²) < 4.78 is 0. The molecule has 0 aromatic carbocycles. The molecule has 3 heteroatoms. The molecule has 0 saturated heterocycles. The third-order valence-corrected chi connectivity index (χ3v) is 1.62. The third-order valence-electron chi connectivity index (χ3n) is 1.62. The van der Waals surface area contributed by atoms with Crippen LogP contribution >= 0.6 is 0 Å². The van der Waals surface area contributed by atoms with Crippen molar-refractivity contribution < 1.29 is 0 Å². The van der Waals surface area contributed by atoms with Crippen molar-refractivity contribution in [1.29, 1.82) is 0 Å². The highest BCUT2D eigenvalue weighted by atomic mass is 15.0. The second-order valence-electron chi connectivity index (χ2n) is 2.76. The fourth-order valence-electron chi connectivity index (χ4n) is 0.903. The molecule has 0 amide bonds. The molecule has 0 radical (unpaired) electrons. The van der Waals surface area contributed by atoms with Gasteiger partial charge in [0, 0.05) is 6.54 Å². The zero-order chi connectivity index (χ0) is 8.81. The minimum absolute atomic E-state index is 0.705. The smallest absolute Gasteiger partial charge is 0.126 e. The summed E-state index contributed by atoms with van der Waals surface area (Å²) in [6, 6.07) is 3.74. The van der Waals surface area contributed by atoms with Crippen LogP contribution in [0.15, 0.2) is 18.3 Å². The predicted octanol–water partition coefficient (Wildman–Crippen LogP) is 1.88. The molecule has 0 aliphatic heterocycles. The molecule has 0 saturated carbocycles. The average molecular weight is 165 g/mol. The van der Waals surface area contributed by atoms with Crippen LogP contribution in [0.5, 0.6) is 0 Å². The van der Waals surface area contributed by atoms with E-state index in [0.29, 0.717) is 5.69 Å². The number of unbranched alkanes of at least 4 members (excludes halogenated alkanes) is 1. The number of rotatable bonds is 4. The first-order valence-corrected chi connectivity index (χ1v) is 4.28. The molecule has 0 bridgehead atoms. The van der Waals surface area contributed by atoms with Gasteiger partial charge in [-0.2, -0.15) is 0 Å². The Kier molecular flexibility index (Phi) is 3.38. The first-order chi connectivity index (χ1) is 5.83. The highest BCUT2D eigenvalue weighted by Crippen LogP contribution is 2.05. The van der Waals surface area contributed by atoms with E-state index in [0.717, 1.165) is 12.4 Å². The molecule has 3 N–H and O–H groups in total. The van der Waals surface area contributed by atoms with Gasteiger partial charge < -0.3 is 11.1 Å². The van der Waals surface area contributed by atoms with Gasteiger partial charge >= 0.3 is 0 Å². The molecule has 12 heavy (non-hydrogen) atoms. The molecule has 0 unspecified atom stereocenters. The Morgan fingerprint density at radius 2 is 2.33 bits per heavy atom. The number of hydrogen-bond donors (Lipinski definition) is 2. The average Bonchev–Trinajstić information content (AvgIpc) is 2.09. The Labute approximate surface area is 73.0 Å². The first kappa shape index (κ1) is 8.84. The third kappa shape index (κ3) is 2.78. The van der Waals surface area contributed by atoms with Crippen LogP contribution in [-0.4, -0.2) is 11.5 Å². The van der Waals surface area contributed by atoms with Crippen molar-refractivity contribution in [1.82, 2.24) is 4.98 Å². The van der Waals surface area contributed by atoms with E-state index in [1.165, 1.54) is 12.8 Å². The quantitative estimate of drug-likeness (QED) is 0.670. The molecular formula is C9H15N3. The largest absolute Gasteiger partial charge is 0.397 e. The molecule has 0 atom stereocenters. The van der Waals surface area contributed by atoms with Crippen LogP contribution in [0.3, 0.4) is 0 Å². The van der Waals surface area contributed by atoms with E-state index in [9.17, 15) is 0 Å². The van der Waals surface area contributed by atoms with Crippen LogP contribution in [0.25, 0.3) is 0 Å². The Morgan fingerprint density at radius 1 is 1.50 bits per heavy atom. The number of nitrogens with zero attached hydrogens (tertiary/aromatic N) is 1. The van der Waals surface area contributed by atoms with E-state index in [2.05, 4.69) is 17.2 Å². The number of aromatic nitrogens is 1. The lowest BCUT2D eigenvalue weighted by Crippen LogP contribution is -2.02. The second kappa shape index (κ2) is 4.59. The van der Waals surface area contributed by atoms with Gasteiger partial charge in [0.25, 0.3) is 0 Å². The van der Waals surface area contributed by atoms with Crippen LogP contribution < -0.4 is 11.1 Å². The van der Waals surface area contributed by atoms with Gasteiger partial charge in [-0.15, -0.1) is 0 Å². The van der Waals surface area contributed by atoms with Crippen LogP contribution in [0.1, 0.15) is 19.8 Å². The van der Waals surface area contributed by atoms with Crippen molar-refractivity contribution in [2.75, 3.05) is 17.6 Å². The first-order valence-electron chi connectivity index (χ1n) is 4.28. The van der Waals surface area contributed by atoms with Crippen LogP contribution in [-0.2, 0) is 0 Å². The number of nitrogens with one attached hydrogen (secondary N) is 1. The Hall–Kier alpha value is -1.25. The number of pyridine rings is 1. The van der Waals surface area contributed by atoms with E-state index in [-0.39, 0.29) is 0 Å². The minimum atomic E-state index is 0.705. The summed E-state index contributed by atoms with van der Waals surface area (Å²) in [7, 11) is 0. The lowest BCUT2D eigenvalue weighted by Gasteiger charge is -2.03. The van der Waals surface area contributed by atoms with Gasteiger partial charge in [0.05, 0.1) is 11.9 Å². The second-order valence-corrected chi connectivity index (χ2v) is 2.76. The minimum Gasteiger partial charge on any atom is -0.397 e. The number of nitrogens with two attached hydrogens (primary N) is 1. The Bertz CT molecular complexity index is 218. The Balaban J connectivity index is 2.37. The predicted molar refractivity (Wildman–Crippen MR) is 52.0 cm³/mol. The number of anilines is 2. The summed E-state index contributed by atoms with van der Waals surface area (Å²) in [4.78, 5) is 4.11. The molecule has 1 aromatic heterocycles. The summed E-state index contributed by atoms with van der Waals surface area (Å²) in [5.74, 6) is 0.901. The van der Waals surface area contributed by atoms with Crippen molar-refractivity contribution >= 4 is 11.5 Å². The maximum Gasteiger partial charge on any atom is 0.126 e. The van der Waals surface area contributed by atoms with E-state index in [4.69, 9.17) is 5.73 Å². The van der Waals surface area contributed by atoms with Gasteiger partial charge in [-0.1, -0.05) is 13.3 Å². The zero-order valence-corrected chi connectivity index (χ0v) is 7.38. The fourth-order valence-corrected chi connectivity index (χ4v) is 0.903. The molecule has 1 heterocycles. The van der Waals surface area contributed by atoms with Crippen LogP contribution in [0, 0.1) is 0 Å². The van der Waals surface area contributed by atoms with E-state index >= 15 is 0 Å². The molecule has 66 valence electrons. The van der Waals surface area contributed by atoms with Gasteiger partial charge in [-0.25, -0.2) is 4.98 Å². The molecular weight excluding hydrogens is 150 g/mol. The lowest BCUT2D eigenvalue weighted by atomic mass is 10.3. The summed E-state index contributed by atoms with van der Waals surface area (Å²) in [6.45, 7) is 3.14. The molecule has 0 spiro atoms. The van der Waals surface area contributed by atoms with Crippen molar-refractivity contribution in [2.45, 2.75) is 19.8 Å². The highest BCUT2D eigenvalue weighted by molar-refractivity contribution is 5.43. The summed E-state index contributed by atoms with van der Waals surface area (Å²) in [6.07, 6.45) is 4.03. The summed E-state index contributed by atoms with van der Waals surface area (Å²) >= 11 is 0. The monoisotopic (exact) mass is 165 g/mol. The van der Waals surface area contributed by atoms with Crippen molar-refractivity contribution in [3.8, 4) is 0 Å². The maximum atomic E-state index is 5.49. The van der Waals surface area contributed by atoms with Gasteiger partial charge in [0.2, 0.25) is 0 Å². The van der Waals surface area contributed by atoms with Crippen LogP contribution in [0.2, 0.25) is 0 Å². The zero-order valence-electron chi connectivity index (χ0n) is 7.38. The summed E-state index contributed by atoms with van der Waals surface area (Å²) in [5.41, 5.74) is 6.20. The molecule has 1 rings (SSSR count). The molecule has 3 nitrogen and oxygen atoms in total. The lowest BCUT2D eigenvalue weighted by molar-refractivity contribution is 0.831. The van der Waals surface area contributed by atoms with Gasteiger partial charge in [0.15, 0.2) is 0 Å². The Morgan fingerprint density at radius 3 is 2.92 bits per heavy atom. The summed E-state index contributed by atoms with van der Waals surface area (Å²) in [5, 5.41) is 3.21. The molecule has 0 fully saturated rings. The van der Waals surface area contributed by atoms with Gasteiger partial charge in [0.1, 0.15) is 5.82 Å². The van der Waals surface area contributed by atoms with Crippen molar-refractivity contribution in [2.24, 2.45) is 0 Å². The van der Waals surface area contributed by atoms with E-state index in [1.807, 2.05) is 12.1 Å². The fraction of sp³-hybridized carbons (Fsp3) is 0.444. The number of nitrogen functional groups attached to an aromatic ring is 1. The topological polar surface area (TPSA) is 50.9 Å². The van der Waals surface area contributed by atoms with E-state index < -0.39 is 0 Å². The van der Waals surface area contributed by atoms with E-state index in [1.54, 1.807) is 6.20 Å². The van der Waals surface area contributed by atoms with Crippen molar-refractivity contribution in [3.63, 3.8) is 0 Å². The molecule has 0 aliphatic rings. The van der Waals surface area contributed by atoms with Crippen LogP contribution in [0.4, 0.5) is 11.5 Å². The van der Waals surface area contributed by atoms with Gasteiger partial charge in [-0.3, -0.25) is 0 Å². The molecule has 0 aliphatic carbocycles. The highest BCUT2D eigenvalue weighted by Gasteiger charge is 1.90. The number of hydrogen-bond acceptors (Lipinski definition) is 3. The SMILES string of the molecule is CCCCNc1ccc(N)cn1. The molecule has 1 aromatic rings. The maximum absolute atomic E-state index is 5.49. The normalized spacial score (nSPS) is 9.75. The standard InChI is InChI=1S/C9H15N3/c1-2-3-6-11-9-5-4-8(10)7-12-9/h4-5,7H,2-3,6,10H2,1H3,(H,11,12). The van der Waals surface area contributed by atoms with Gasteiger partial charge in [-0.05, 0) is 18.6 Å². The van der Waals surface area contributed by atoms with Crippen molar-refractivity contribution in [3.05, 3.63) is 18.3 Å².